The molecule has 2 bridgehead atoms. The maximum atomic E-state index is 12.2. The van der Waals surface area contributed by atoms with Gasteiger partial charge < -0.3 is 11.5 Å². The predicted molar refractivity (Wildman–Crippen MR) is 130 cm³/mol. The fourth-order valence-corrected chi connectivity index (χ4v) is 7.83. The van der Waals surface area contributed by atoms with Crippen LogP contribution in [0.4, 0.5) is 0 Å². The summed E-state index contributed by atoms with van der Waals surface area (Å²) in [5, 5.41) is 0. The maximum Gasteiger partial charge on any atom is 0.223 e. The van der Waals surface area contributed by atoms with Crippen LogP contribution in [0.25, 0.3) is 0 Å². The van der Waals surface area contributed by atoms with Crippen molar-refractivity contribution in [3.63, 3.8) is 0 Å². The monoisotopic (exact) mass is 430 g/mol. The number of carbonyl (C=O) groups excluding carboxylic acids is 1. The topological polar surface area (TPSA) is 69.1 Å². The summed E-state index contributed by atoms with van der Waals surface area (Å²) < 4.78 is 0. The summed E-state index contributed by atoms with van der Waals surface area (Å²) in [4.78, 5) is 12.2. The van der Waals surface area contributed by atoms with Gasteiger partial charge in [0.25, 0.3) is 0 Å². The first-order chi connectivity index (χ1) is 14.2. The Morgan fingerprint density at radius 1 is 1.03 bits per heavy atom. The molecule has 3 aliphatic carbocycles. The molecule has 168 valence electrons. The highest BCUT2D eigenvalue weighted by Gasteiger charge is 2.55. The lowest BCUT2D eigenvalue weighted by atomic mass is 9.47. The molecule has 1 aromatic carbocycles. The Morgan fingerprint density at radius 3 is 2.23 bits per heavy atom. The number of nitrogens with two attached hydrogens (primary N) is 2. The van der Waals surface area contributed by atoms with Gasteiger partial charge in [-0.2, -0.15) is 11.8 Å². The Hall–Kier alpha value is -1.00. The van der Waals surface area contributed by atoms with Crippen molar-refractivity contribution in [3.8, 4) is 0 Å². The van der Waals surface area contributed by atoms with Crippen LogP contribution in [0.15, 0.2) is 30.3 Å². The van der Waals surface area contributed by atoms with Gasteiger partial charge in [-0.05, 0) is 79.3 Å². The number of benzene rings is 1. The molecule has 1 amide bonds. The molecular weight excluding hydrogens is 388 g/mol. The Labute approximate surface area is 188 Å². The van der Waals surface area contributed by atoms with Gasteiger partial charge in [-0.3, -0.25) is 4.79 Å². The second kappa shape index (κ2) is 9.65. The molecular formula is C26H42N2OS. The first-order valence-corrected chi connectivity index (χ1v) is 13.2. The summed E-state index contributed by atoms with van der Waals surface area (Å²) in [5.41, 5.74) is 13.0. The minimum Gasteiger partial charge on any atom is -0.369 e. The van der Waals surface area contributed by atoms with E-state index in [0.29, 0.717) is 17.4 Å². The lowest BCUT2D eigenvalue weighted by Gasteiger charge is -2.57. The summed E-state index contributed by atoms with van der Waals surface area (Å²) in [6, 6.07) is 11.4. The molecule has 0 spiro atoms. The van der Waals surface area contributed by atoms with Crippen LogP contribution in [0.2, 0.25) is 0 Å². The van der Waals surface area contributed by atoms with Crippen molar-refractivity contribution in [1.29, 1.82) is 0 Å². The van der Waals surface area contributed by atoms with Gasteiger partial charge in [0, 0.05) is 11.5 Å². The molecule has 3 aliphatic rings. The Bertz CT molecular complexity index is 704. The third-order valence-electron chi connectivity index (χ3n) is 7.82. The first kappa shape index (κ1) is 23.7. The lowest BCUT2D eigenvalue weighted by Crippen LogP contribution is -2.53. The Morgan fingerprint density at radius 2 is 1.70 bits per heavy atom. The van der Waals surface area contributed by atoms with Crippen molar-refractivity contribution in [2.75, 3.05) is 12.0 Å². The zero-order chi connectivity index (χ0) is 21.8. The minimum absolute atomic E-state index is 0.108. The molecule has 30 heavy (non-hydrogen) atoms. The smallest absolute Gasteiger partial charge is 0.223 e. The highest BCUT2D eigenvalue weighted by Crippen LogP contribution is 2.61. The number of thioether (sulfide) groups is 1. The quantitative estimate of drug-likeness (QED) is 0.648. The third kappa shape index (κ3) is 5.43. The third-order valence-corrected chi connectivity index (χ3v) is 8.80. The number of hydrogen-bond acceptors (Lipinski definition) is 3. The van der Waals surface area contributed by atoms with Gasteiger partial charge in [-0.15, -0.1) is 0 Å². The average Bonchev–Trinajstić information content (AvgIpc) is 2.68. The van der Waals surface area contributed by atoms with Crippen LogP contribution in [0, 0.1) is 16.7 Å². The van der Waals surface area contributed by atoms with E-state index in [4.69, 9.17) is 11.5 Å². The van der Waals surface area contributed by atoms with Gasteiger partial charge in [-0.1, -0.05) is 63.4 Å². The van der Waals surface area contributed by atoms with Crippen molar-refractivity contribution < 1.29 is 4.79 Å². The molecule has 4 N–H and O–H groups in total. The summed E-state index contributed by atoms with van der Waals surface area (Å²) in [5.74, 6) is 1.69. The minimum atomic E-state index is -0.362. The zero-order valence-corrected chi connectivity index (χ0v) is 20.1. The van der Waals surface area contributed by atoms with Crippen molar-refractivity contribution in [3.05, 3.63) is 35.9 Å². The van der Waals surface area contributed by atoms with Crippen LogP contribution in [0.3, 0.4) is 0 Å². The Kier molecular flexibility index (Phi) is 7.61. The molecule has 0 heterocycles. The van der Waals surface area contributed by atoms with Gasteiger partial charge in [-0.25, -0.2) is 0 Å². The maximum absolute atomic E-state index is 12.2. The molecule has 0 radical (unpaired) electrons. The molecule has 1 aromatic rings. The average molecular weight is 431 g/mol. The molecule has 0 aromatic heterocycles. The fraction of sp³-hybridized carbons (Fsp3) is 0.731. The lowest BCUT2D eigenvalue weighted by molar-refractivity contribution is -0.134. The predicted octanol–water partition coefficient (Wildman–Crippen LogP) is 5.66. The molecule has 4 unspecified atom stereocenters. The SMILES string of the molecule is CSCC1(C)CC2CC(C)(C(N)=O)CC(c3ccccc3)(C2)C1.NC1CCCCC1. The highest BCUT2D eigenvalue weighted by molar-refractivity contribution is 7.98. The number of fused-ring (bicyclic) bond motifs is 2. The molecule has 3 nitrogen and oxygen atoms in total. The number of hydrogen-bond donors (Lipinski definition) is 2. The van der Waals surface area contributed by atoms with E-state index < -0.39 is 0 Å². The summed E-state index contributed by atoms with van der Waals surface area (Å²) in [6.45, 7) is 4.54. The van der Waals surface area contributed by atoms with Crippen LogP contribution < -0.4 is 11.5 Å². The van der Waals surface area contributed by atoms with Gasteiger partial charge >= 0.3 is 0 Å². The summed E-state index contributed by atoms with van der Waals surface area (Å²) in [7, 11) is 0. The van der Waals surface area contributed by atoms with E-state index in [0.717, 1.165) is 12.8 Å². The van der Waals surface area contributed by atoms with Crippen LogP contribution in [0.5, 0.6) is 0 Å². The van der Waals surface area contributed by atoms with E-state index in [1.165, 1.54) is 62.7 Å². The van der Waals surface area contributed by atoms with Crippen LogP contribution >= 0.6 is 11.8 Å². The second-order valence-corrected chi connectivity index (χ2v) is 11.9. The fourth-order valence-electron chi connectivity index (χ4n) is 6.91. The molecule has 0 aliphatic heterocycles. The molecule has 4 atom stereocenters. The molecule has 3 saturated carbocycles. The summed E-state index contributed by atoms with van der Waals surface area (Å²) in [6.07, 6.45) is 14.3. The van der Waals surface area contributed by atoms with Crippen molar-refractivity contribution in [1.82, 2.24) is 0 Å². The van der Waals surface area contributed by atoms with E-state index in [1.54, 1.807) is 0 Å². The number of rotatable bonds is 4. The standard InChI is InChI=1S/C20H29NOS.C6H13N/c1-18(14-23-3)9-15-10-19(2,17(21)22)13-20(11-15,12-18)16-7-5-4-6-8-16;7-6-4-2-1-3-5-6/h4-8,15H,9-14H2,1-3H3,(H2,21,22);6H,1-5,7H2. The van der Waals surface area contributed by atoms with E-state index in [9.17, 15) is 4.79 Å². The number of primary amides is 1. The summed E-state index contributed by atoms with van der Waals surface area (Å²) >= 11 is 1.95. The highest BCUT2D eigenvalue weighted by atomic mass is 32.2. The molecule has 0 saturated heterocycles. The number of carbonyl (C=O) groups is 1. The first-order valence-electron chi connectivity index (χ1n) is 11.8. The van der Waals surface area contributed by atoms with Gasteiger partial charge in [0.2, 0.25) is 5.91 Å². The largest absolute Gasteiger partial charge is 0.369 e. The van der Waals surface area contributed by atoms with Gasteiger partial charge in [0.05, 0.1) is 0 Å². The van der Waals surface area contributed by atoms with E-state index in [1.807, 2.05) is 11.8 Å². The van der Waals surface area contributed by atoms with Crippen LogP contribution in [0.1, 0.15) is 83.6 Å². The molecule has 4 heteroatoms. The van der Waals surface area contributed by atoms with Crippen LogP contribution in [-0.2, 0) is 10.2 Å². The molecule has 4 rings (SSSR count). The zero-order valence-electron chi connectivity index (χ0n) is 19.3. The number of amides is 1. The van der Waals surface area contributed by atoms with Gasteiger partial charge in [0.15, 0.2) is 0 Å². The van der Waals surface area contributed by atoms with Crippen molar-refractivity contribution in [2.45, 2.75) is 89.5 Å². The molecule has 3 fully saturated rings. The Balaban J connectivity index is 0.000000310. The normalized spacial score (nSPS) is 36.5. The van der Waals surface area contributed by atoms with Gasteiger partial charge in [0.1, 0.15) is 0 Å². The van der Waals surface area contributed by atoms with Crippen molar-refractivity contribution in [2.24, 2.45) is 28.2 Å². The van der Waals surface area contributed by atoms with E-state index in [2.05, 4.69) is 50.4 Å². The second-order valence-electron chi connectivity index (χ2n) is 11.0. The van der Waals surface area contributed by atoms with E-state index in [-0.39, 0.29) is 16.7 Å². The van der Waals surface area contributed by atoms with E-state index >= 15 is 0 Å². The van der Waals surface area contributed by atoms with Crippen molar-refractivity contribution >= 4 is 17.7 Å². The van der Waals surface area contributed by atoms with Crippen LogP contribution in [-0.4, -0.2) is 24.0 Å².